The van der Waals surface area contributed by atoms with Gasteiger partial charge in [0.05, 0.1) is 13.2 Å². The van der Waals surface area contributed by atoms with Crippen LogP contribution in [-0.4, -0.2) is 25.8 Å². The molecule has 146 valence electrons. The minimum absolute atomic E-state index is 0.285. The molecule has 2 aromatic rings. The van der Waals surface area contributed by atoms with Crippen LogP contribution >= 0.6 is 0 Å². The molecule has 2 rings (SSSR count). The molecule has 0 saturated heterocycles. The van der Waals surface area contributed by atoms with Crippen molar-refractivity contribution in [2.75, 3.05) is 13.2 Å². The summed E-state index contributed by atoms with van der Waals surface area (Å²) >= 11 is 0. The van der Waals surface area contributed by atoms with Crippen LogP contribution in [0, 0.1) is 0 Å². The normalized spacial score (nSPS) is 11.8. The zero-order chi connectivity index (χ0) is 20.2. The maximum atomic E-state index is 11.7. The summed E-state index contributed by atoms with van der Waals surface area (Å²) in [6.07, 6.45) is 6.49. The van der Waals surface area contributed by atoms with Gasteiger partial charge in [-0.15, -0.1) is 0 Å². The number of hydrogen-bond donors (Lipinski definition) is 0. The molecule has 28 heavy (non-hydrogen) atoms. The van der Waals surface area contributed by atoms with Crippen molar-refractivity contribution >= 4 is 24.7 Å². The maximum absolute atomic E-state index is 11.7. The van der Waals surface area contributed by atoms with E-state index in [1.165, 1.54) is 0 Å². The van der Waals surface area contributed by atoms with Crippen molar-refractivity contribution < 1.29 is 19.1 Å². The van der Waals surface area contributed by atoms with Crippen molar-refractivity contribution in [1.82, 2.24) is 0 Å². The van der Waals surface area contributed by atoms with Crippen molar-refractivity contribution in [3.05, 3.63) is 70.8 Å². The van der Waals surface area contributed by atoms with E-state index in [9.17, 15) is 9.59 Å². The number of aldehydes is 2. The molecule has 0 atom stereocenters. The Morgan fingerprint density at radius 3 is 1.46 bits per heavy atom. The lowest BCUT2D eigenvalue weighted by Crippen LogP contribution is -1.99. The Hall–Kier alpha value is -3.14. The molecule has 0 aliphatic rings. The van der Waals surface area contributed by atoms with Crippen molar-refractivity contribution in [3.63, 3.8) is 0 Å². The fraction of sp³-hybridized carbons (Fsp3) is 0.250. The predicted molar refractivity (Wildman–Crippen MR) is 113 cm³/mol. The van der Waals surface area contributed by atoms with Gasteiger partial charge in [0, 0.05) is 22.3 Å². The third-order valence-electron chi connectivity index (χ3n) is 3.97. The number of carbonyl (C=O) groups is 2. The molecule has 2 aromatic carbocycles. The van der Waals surface area contributed by atoms with Crippen LogP contribution in [-0.2, 0) is 9.59 Å². The van der Waals surface area contributed by atoms with E-state index in [1.54, 1.807) is 12.2 Å². The number of rotatable bonds is 11. The first-order valence-corrected chi connectivity index (χ1v) is 9.51. The lowest BCUT2D eigenvalue weighted by molar-refractivity contribution is -0.107. The van der Waals surface area contributed by atoms with E-state index in [4.69, 9.17) is 9.47 Å². The van der Waals surface area contributed by atoms with E-state index < -0.39 is 0 Å². The number of ether oxygens (including phenoxy) is 2. The van der Waals surface area contributed by atoms with Gasteiger partial charge in [-0.2, -0.15) is 0 Å². The third-order valence-corrected chi connectivity index (χ3v) is 3.97. The van der Waals surface area contributed by atoms with Gasteiger partial charge in [-0.05, 0) is 37.1 Å². The topological polar surface area (TPSA) is 52.6 Å². The Morgan fingerprint density at radius 2 is 1.11 bits per heavy atom. The fourth-order valence-corrected chi connectivity index (χ4v) is 2.59. The Bertz CT molecular complexity index is 778. The summed E-state index contributed by atoms with van der Waals surface area (Å²) in [4.78, 5) is 23.5. The first-order chi connectivity index (χ1) is 13.7. The van der Waals surface area contributed by atoms with Crippen molar-refractivity contribution in [2.24, 2.45) is 0 Å². The first kappa shape index (κ1) is 21.2. The van der Waals surface area contributed by atoms with E-state index in [0.717, 1.165) is 24.0 Å². The Kier molecular flexibility index (Phi) is 8.73. The second-order valence-electron chi connectivity index (χ2n) is 6.21. The van der Waals surface area contributed by atoms with Crippen LogP contribution in [0.4, 0.5) is 0 Å². The minimum atomic E-state index is 0.285. The van der Waals surface area contributed by atoms with Crippen molar-refractivity contribution in [2.45, 2.75) is 26.7 Å². The number of benzene rings is 2. The van der Waals surface area contributed by atoms with E-state index in [0.29, 0.717) is 37.3 Å². The van der Waals surface area contributed by atoms with Crippen LogP contribution in [0.3, 0.4) is 0 Å². The Labute approximate surface area is 166 Å². The quantitative estimate of drug-likeness (QED) is 0.309. The highest BCUT2D eigenvalue weighted by atomic mass is 16.5. The summed E-state index contributed by atoms with van der Waals surface area (Å²) in [5.41, 5.74) is 2.07. The van der Waals surface area contributed by atoms with Gasteiger partial charge < -0.3 is 9.47 Å². The lowest BCUT2D eigenvalue weighted by atomic mass is 10.0. The molecule has 0 spiro atoms. The van der Waals surface area contributed by atoms with Crippen LogP contribution < -0.4 is 9.47 Å². The summed E-state index contributed by atoms with van der Waals surface area (Å²) in [6.45, 7) is 5.22. The maximum Gasteiger partial charge on any atom is 0.150 e. The van der Waals surface area contributed by atoms with Crippen LogP contribution in [0.1, 0.15) is 37.8 Å². The highest BCUT2D eigenvalue weighted by molar-refractivity contribution is 6.03. The van der Waals surface area contributed by atoms with Gasteiger partial charge >= 0.3 is 0 Å². The van der Waals surface area contributed by atoms with Crippen LogP contribution in [0.15, 0.2) is 59.7 Å². The Balaban J connectivity index is 2.42. The van der Waals surface area contributed by atoms with Gasteiger partial charge in [0.2, 0.25) is 0 Å². The third kappa shape index (κ3) is 5.95. The minimum Gasteiger partial charge on any atom is -0.493 e. The molecule has 0 amide bonds. The summed E-state index contributed by atoms with van der Waals surface area (Å²) < 4.78 is 11.5. The molecular weight excluding hydrogens is 352 g/mol. The van der Waals surface area contributed by atoms with Gasteiger partial charge in [0.1, 0.15) is 11.5 Å². The number of allylic oxidation sites excluding steroid dienone is 2. The predicted octanol–water partition coefficient (Wildman–Crippen LogP) is 5.13. The molecule has 0 aromatic heterocycles. The molecule has 0 heterocycles. The van der Waals surface area contributed by atoms with Gasteiger partial charge in [-0.3, -0.25) is 9.59 Å². The summed E-state index contributed by atoms with van der Waals surface area (Å²) in [5, 5.41) is 0. The Morgan fingerprint density at radius 1 is 0.714 bits per heavy atom. The van der Waals surface area contributed by atoms with E-state index >= 15 is 0 Å². The molecule has 0 unspecified atom stereocenters. The van der Waals surface area contributed by atoms with Gasteiger partial charge in [0.25, 0.3) is 0 Å². The SMILES string of the molecule is CCCOc1ccccc1C=C(C=O)C(C=O)=Cc1ccccc1OCCC. The molecular formula is C24H26O4. The van der Waals surface area contributed by atoms with Gasteiger partial charge in [-0.1, -0.05) is 50.2 Å². The molecule has 4 heteroatoms. The zero-order valence-electron chi connectivity index (χ0n) is 16.4. The van der Waals surface area contributed by atoms with Crippen LogP contribution in [0.5, 0.6) is 11.5 Å². The molecule has 4 nitrogen and oxygen atoms in total. The monoisotopic (exact) mass is 378 g/mol. The number of para-hydroxylation sites is 2. The molecule has 0 aliphatic heterocycles. The lowest BCUT2D eigenvalue weighted by Gasteiger charge is -2.10. The summed E-state index contributed by atoms with van der Waals surface area (Å²) in [6, 6.07) is 14.9. The average Bonchev–Trinajstić information content (AvgIpc) is 2.74. The second kappa shape index (κ2) is 11.5. The zero-order valence-corrected chi connectivity index (χ0v) is 16.4. The van der Waals surface area contributed by atoms with Crippen molar-refractivity contribution in [3.8, 4) is 11.5 Å². The first-order valence-electron chi connectivity index (χ1n) is 9.51. The largest absolute Gasteiger partial charge is 0.493 e. The summed E-state index contributed by atoms with van der Waals surface area (Å²) in [5.74, 6) is 1.36. The van der Waals surface area contributed by atoms with Gasteiger partial charge in [0.15, 0.2) is 12.6 Å². The van der Waals surface area contributed by atoms with Gasteiger partial charge in [-0.25, -0.2) is 0 Å². The molecule has 0 N–H and O–H groups in total. The number of carbonyl (C=O) groups excluding carboxylic acids is 2. The summed E-state index contributed by atoms with van der Waals surface area (Å²) in [7, 11) is 0. The van der Waals surface area contributed by atoms with E-state index in [1.807, 2.05) is 62.4 Å². The van der Waals surface area contributed by atoms with E-state index in [-0.39, 0.29) is 11.1 Å². The second-order valence-corrected chi connectivity index (χ2v) is 6.21. The smallest absolute Gasteiger partial charge is 0.150 e. The molecule has 0 bridgehead atoms. The molecule has 0 radical (unpaired) electrons. The molecule has 0 aliphatic carbocycles. The molecule has 0 saturated carbocycles. The van der Waals surface area contributed by atoms with E-state index in [2.05, 4.69) is 0 Å². The highest BCUT2D eigenvalue weighted by Crippen LogP contribution is 2.26. The van der Waals surface area contributed by atoms with Crippen LogP contribution in [0.2, 0.25) is 0 Å². The highest BCUT2D eigenvalue weighted by Gasteiger charge is 2.09. The van der Waals surface area contributed by atoms with Crippen LogP contribution in [0.25, 0.3) is 12.2 Å². The number of hydrogen-bond acceptors (Lipinski definition) is 4. The van der Waals surface area contributed by atoms with Crippen molar-refractivity contribution in [1.29, 1.82) is 0 Å². The fourth-order valence-electron chi connectivity index (χ4n) is 2.59. The average molecular weight is 378 g/mol. The molecule has 0 fully saturated rings. The standard InChI is InChI=1S/C24H26O4/c1-3-13-27-23-11-7-5-9-19(23)15-21(17-25)22(18-26)16-20-10-6-8-12-24(20)28-14-4-2/h5-12,15-18H,3-4,13-14H2,1-2H3.